The summed E-state index contributed by atoms with van der Waals surface area (Å²) in [5.41, 5.74) is 2.23. The van der Waals surface area contributed by atoms with Gasteiger partial charge in [0.2, 0.25) is 5.91 Å². The summed E-state index contributed by atoms with van der Waals surface area (Å²) in [4.78, 5) is 19.0. The Morgan fingerprint density at radius 2 is 2.12 bits per heavy atom. The number of aryl methyl sites for hydroxylation is 1. The molecular weight excluding hydrogens is 328 g/mol. The maximum atomic E-state index is 12.8. The molecule has 1 saturated heterocycles. The van der Waals surface area contributed by atoms with Gasteiger partial charge in [0, 0.05) is 18.2 Å². The molecule has 2 heterocycles. The van der Waals surface area contributed by atoms with Gasteiger partial charge in [-0.2, -0.15) is 0 Å². The Morgan fingerprint density at radius 1 is 1.27 bits per heavy atom. The molecular formula is C21H24N2O3. The second-order valence-electron chi connectivity index (χ2n) is 7.08. The first kappa shape index (κ1) is 17.0. The van der Waals surface area contributed by atoms with Gasteiger partial charge in [-0.05, 0) is 37.0 Å². The predicted molar refractivity (Wildman–Crippen MR) is 98.1 cm³/mol. The molecule has 1 aromatic heterocycles. The summed E-state index contributed by atoms with van der Waals surface area (Å²) in [5, 5.41) is 0. The largest absolute Gasteiger partial charge is 0.489 e. The smallest absolute Gasteiger partial charge is 0.226 e. The van der Waals surface area contributed by atoms with Crippen LogP contribution in [0, 0.1) is 12.8 Å². The number of amides is 1. The highest BCUT2D eigenvalue weighted by molar-refractivity contribution is 5.83. The quantitative estimate of drug-likeness (QED) is 0.830. The van der Waals surface area contributed by atoms with E-state index < -0.39 is 0 Å². The van der Waals surface area contributed by atoms with E-state index in [-0.39, 0.29) is 17.9 Å². The number of carbonyl (C=O) groups excluding carboxylic acids is 1. The number of aromatic nitrogens is 1. The van der Waals surface area contributed by atoms with Crippen molar-refractivity contribution in [2.45, 2.75) is 25.4 Å². The summed E-state index contributed by atoms with van der Waals surface area (Å²) in [6.07, 6.45) is 2.58. The van der Waals surface area contributed by atoms with Crippen LogP contribution >= 0.6 is 0 Å². The van der Waals surface area contributed by atoms with E-state index >= 15 is 0 Å². The van der Waals surface area contributed by atoms with E-state index in [2.05, 4.69) is 17.1 Å². The standard InChI is InChI=1S/C21H24N2O3/c1-15-7-8-17(12-22-15)26-14-18-13-23(9-10-25-18)21(24)20-11-19(20)16-5-3-2-4-6-16/h2-8,12,18-20H,9-11,13-14H2,1H3. The summed E-state index contributed by atoms with van der Waals surface area (Å²) >= 11 is 0. The summed E-state index contributed by atoms with van der Waals surface area (Å²) < 4.78 is 11.5. The average Bonchev–Trinajstić information content (AvgIpc) is 3.49. The van der Waals surface area contributed by atoms with Crippen molar-refractivity contribution < 1.29 is 14.3 Å². The highest BCUT2D eigenvalue weighted by Crippen LogP contribution is 2.48. The van der Waals surface area contributed by atoms with Crippen molar-refractivity contribution in [1.82, 2.24) is 9.88 Å². The molecule has 1 aliphatic heterocycles. The van der Waals surface area contributed by atoms with Crippen molar-refractivity contribution in [2.75, 3.05) is 26.3 Å². The fourth-order valence-electron chi connectivity index (χ4n) is 3.52. The second kappa shape index (κ2) is 7.46. The average molecular weight is 352 g/mol. The molecule has 136 valence electrons. The van der Waals surface area contributed by atoms with Crippen LogP contribution in [0.25, 0.3) is 0 Å². The van der Waals surface area contributed by atoms with E-state index in [1.807, 2.05) is 42.2 Å². The molecule has 2 aromatic rings. The van der Waals surface area contributed by atoms with Gasteiger partial charge in [-0.25, -0.2) is 0 Å². The molecule has 2 fully saturated rings. The number of carbonyl (C=O) groups is 1. The van der Waals surface area contributed by atoms with E-state index in [4.69, 9.17) is 9.47 Å². The molecule has 2 aliphatic rings. The van der Waals surface area contributed by atoms with Crippen LogP contribution in [0.15, 0.2) is 48.7 Å². The molecule has 3 unspecified atom stereocenters. The van der Waals surface area contributed by atoms with Gasteiger partial charge in [-0.1, -0.05) is 30.3 Å². The summed E-state index contributed by atoms with van der Waals surface area (Å²) in [6, 6.07) is 14.1. The number of morpholine rings is 1. The Labute approximate surface area is 153 Å². The van der Waals surface area contributed by atoms with Crippen molar-refractivity contribution in [3.63, 3.8) is 0 Å². The van der Waals surface area contributed by atoms with Gasteiger partial charge < -0.3 is 14.4 Å². The van der Waals surface area contributed by atoms with E-state index in [0.717, 1.165) is 17.9 Å². The molecule has 26 heavy (non-hydrogen) atoms. The van der Waals surface area contributed by atoms with E-state index in [9.17, 15) is 4.79 Å². The number of nitrogens with zero attached hydrogens (tertiary/aromatic N) is 2. The molecule has 0 spiro atoms. The summed E-state index contributed by atoms with van der Waals surface area (Å²) in [7, 11) is 0. The minimum absolute atomic E-state index is 0.0945. The van der Waals surface area contributed by atoms with Crippen LogP contribution in [0.4, 0.5) is 0 Å². The third-order valence-electron chi connectivity index (χ3n) is 5.11. The zero-order valence-electron chi connectivity index (χ0n) is 15.0. The van der Waals surface area contributed by atoms with Crippen molar-refractivity contribution in [3.8, 4) is 5.75 Å². The molecule has 0 bridgehead atoms. The van der Waals surface area contributed by atoms with Crippen molar-refractivity contribution in [1.29, 1.82) is 0 Å². The zero-order chi connectivity index (χ0) is 17.9. The maximum Gasteiger partial charge on any atom is 0.226 e. The third-order valence-corrected chi connectivity index (χ3v) is 5.11. The van der Waals surface area contributed by atoms with Crippen molar-refractivity contribution >= 4 is 5.91 Å². The monoisotopic (exact) mass is 352 g/mol. The van der Waals surface area contributed by atoms with Gasteiger partial charge in [-0.3, -0.25) is 9.78 Å². The Bertz CT molecular complexity index is 748. The van der Waals surface area contributed by atoms with Crippen LogP contribution < -0.4 is 4.74 Å². The molecule has 0 N–H and O–H groups in total. The van der Waals surface area contributed by atoms with Crippen molar-refractivity contribution in [3.05, 3.63) is 59.9 Å². The van der Waals surface area contributed by atoms with Crippen LogP contribution in [-0.2, 0) is 9.53 Å². The Balaban J connectivity index is 1.29. The number of pyridine rings is 1. The van der Waals surface area contributed by atoms with Gasteiger partial charge in [0.15, 0.2) is 0 Å². The molecule has 1 amide bonds. The lowest BCUT2D eigenvalue weighted by molar-refractivity contribution is -0.141. The van der Waals surface area contributed by atoms with E-state index in [1.165, 1.54) is 5.56 Å². The normalized spacial score (nSPS) is 25.0. The lowest BCUT2D eigenvalue weighted by atomic mass is 10.1. The Hall–Kier alpha value is -2.40. The predicted octanol–water partition coefficient (Wildman–Crippen LogP) is 2.80. The number of hydrogen-bond donors (Lipinski definition) is 0. The van der Waals surface area contributed by atoms with Crippen LogP contribution in [0.2, 0.25) is 0 Å². The van der Waals surface area contributed by atoms with E-state index in [0.29, 0.717) is 32.2 Å². The minimum atomic E-state index is -0.0945. The van der Waals surface area contributed by atoms with Gasteiger partial charge in [0.05, 0.1) is 19.3 Å². The van der Waals surface area contributed by atoms with Gasteiger partial charge in [0.1, 0.15) is 18.5 Å². The van der Waals surface area contributed by atoms with Gasteiger partial charge in [0.25, 0.3) is 0 Å². The third kappa shape index (κ3) is 3.88. The second-order valence-corrected chi connectivity index (χ2v) is 7.08. The first-order valence-corrected chi connectivity index (χ1v) is 9.21. The summed E-state index contributed by atoms with van der Waals surface area (Å²) in [6.45, 7) is 4.20. The molecule has 0 radical (unpaired) electrons. The van der Waals surface area contributed by atoms with Gasteiger partial charge in [-0.15, -0.1) is 0 Å². The first-order valence-electron chi connectivity index (χ1n) is 9.21. The van der Waals surface area contributed by atoms with Crippen molar-refractivity contribution in [2.24, 2.45) is 5.92 Å². The molecule has 5 nitrogen and oxygen atoms in total. The van der Waals surface area contributed by atoms with Crippen LogP contribution in [0.5, 0.6) is 5.75 Å². The Morgan fingerprint density at radius 3 is 2.88 bits per heavy atom. The number of benzene rings is 1. The van der Waals surface area contributed by atoms with Crippen LogP contribution in [-0.4, -0.2) is 48.2 Å². The Kier molecular flexibility index (Phi) is 4.89. The van der Waals surface area contributed by atoms with E-state index in [1.54, 1.807) is 6.20 Å². The fraction of sp³-hybridized carbons (Fsp3) is 0.429. The lowest BCUT2D eigenvalue weighted by Crippen LogP contribution is -2.48. The molecule has 5 heteroatoms. The molecule has 1 aliphatic carbocycles. The molecule has 1 aromatic carbocycles. The molecule has 1 saturated carbocycles. The highest BCUT2D eigenvalue weighted by Gasteiger charge is 2.46. The maximum absolute atomic E-state index is 12.8. The fourth-order valence-corrected chi connectivity index (χ4v) is 3.52. The minimum Gasteiger partial charge on any atom is -0.489 e. The topological polar surface area (TPSA) is 51.7 Å². The van der Waals surface area contributed by atoms with Crippen LogP contribution in [0.3, 0.4) is 0 Å². The van der Waals surface area contributed by atoms with Crippen LogP contribution in [0.1, 0.15) is 23.6 Å². The molecule has 3 atom stereocenters. The van der Waals surface area contributed by atoms with Gasteiger partial charge >= 0.3 is 0 Å². The number of ether oxygens (including phenoxy) is 2. The molecule has 4 rings (SSSR count). The number of hydrogen-bond acceptors (Lipinski definition) is 4. The number of rotatable bonds is 5. The highest BCUT2D eigenvalue weighted by atomic mass is 16.5. The SMILES string of the molecule is Cc1ccc(OCC2CN(C(=O)C3CC3c3ccccc3)CCO2)cn1. The summed E-state index contributed by atoms with van der Waals surface area (Å²) in [5.74, 6) is 1.48. The zero-order valence-corrected chi connectivity index (χ0v) is 15.0. The first-order chi connectivity index (χ1) is 12.7. The lowest BCUT2D eigenvalue weighted by Gasteiger charge is -2.33.